The molecule has 0 radical (unpaired) electrons. The van der Waals surface area contributed by atoms with Crippen LogP contribution in [0.25, 0.3) is 0 Å². The summed E-state index contributed by atoms with van der Waals surface area (Å²) in [5.74, 6) is 0. The van der Waals surface area contributed by atoms with Gasteiger partial charge in [0.1, 0.15) is 0 Å². The highest BCUT2D eigenvalue weighted by Crippen LogP contribution is 2.25. The SMILES string of the molecule is Cc1c(Cl)cnn1CCCNC(=S)Nc1ccc(Cl)cc1Cl. The van der Waals surface area contributed by atoms with Gasteiger partial charge >= 0.3 is 0 Å². The molecular weight excluding hydrogens is 363 g/mol. The van der Waals surface area contributed by atoms with Gasteiger partial charge in [0.15, 0.2) is 5.11 Å². The summed E-state index contributed by atoms with van der Waals surface area (Å²) in [6.45, 7) is 3.43. The highest BCUT2D eigenvalue weighted by Gasteiger charge is 2.05. The molecule has 0 aliphatic carbocycles. The highest BCUT2D eigenvalue weighted by atomic mass is 35.5. The Morgan fingerprint density at radius 1 is 1.27 bits per heavy atom. The third-order valence-electron chi connectivity index (χ3n) is 3.05. The molecule has 0 amide bonds. The number of aryl methyl sites for hydroxylation is 1. The largest absolute Gasteiger partial charge is 0.362 e. The first-order chi connectivity index (χ1) is 10.5. The van der Waals surface area contributed by atoms with Crippen LogP contribution in [-0.4, -0.2) is 21.4 Å². The molecule has 0 aliphatic heterocycles. The first-order valence-electron chi connectivity index (χ1n) is 6.65. The number of rotatable bonds is 5. The molecule has 1 aromatic heterocycles. The fraction of sp³-hybridized carbons (Fsp3) is 0.286. The minimum absolute atomic E-state index is 0.513. The van der Waals surface area contributed by atoms with Gasteiger partial charge in [0.2, 0.25) is 0 Å². The molecular formula is C14H15Cl3N4S. The molecule has 22 heavy (non-hydrogen) atoms. The molecule has 0 saturated heterocycles. The van der Waals surface area contributed by atoms with E-state index in [1.54, 1.807) is 24.4 Å². The predicted molar refractivity (Wildman–Crippen MR) is 97.3 cm³/mol. The minimum Gasteiger partial charge on any atom is -0.362 e. The van der Waals surface area contributed by atoms with E-state index in [1.807, 2.05) is 11.6 Å². The number of nitrogens with zero attached hydrogens (tertiary/aromatic N) is 2. The molecule has 2 N–H and O–H groups in total. The third-order valence-corrected chi connectivity index (χ3v) is 4.22. The maximum Gasteiger partial charge on any atom is 0.170 e. The Morgan fingerprint density at radius 3 is 2.68 bits per heavy atom. The third kappa shape index (κ3) is 4.74. The molecule has 2 rings (SSSR count). The van der Waals surface area contributed by atoms with Gasteiger partial charge in [-0.05, 0) is 43.8 Å². The van der Waals surface area contributed by atoms with Gasteiger partial charge in [0.25, 0.3) is 0 Å². The van der Waals surface area contributed by atoms with Crippen molar-refractivity contribution in [2.45, 2.75) is 19.9 Å². The molecule has 2 aromatic rings. The quantitative estimate of drug-likeness (QED) is 0.593. The van der Waals surface area contributed by atoms with Gasteiger partial charge < -0.3 is 10.6 Å². The van der Waals surface area contributed by atoms with Crippen molar-refractivity contribution < 1.29 is 0 Å². The smallest absolute Gasteiger partial charge is 0.170 e. The normalized spacial score (nSPS) is 10.5. The van der Waals surface area contributed by atoms with Crippen LogP contribution in [0.2, 0.25) is 15.1 Å². The van der Waals surface area contributed by atoms with Crippen LogP contribution in [0.5, 0.6) is 0 Å². The monoisotopic (exact) mass is 376 g/mol. The summed E-state index contributed by atoms with van der Waals surface area (Å²) in [4.78, 5) is 0. The Bertz CT molecular complexity index is 672. The van der Waals surface area contributed by atoms with Crippen LogP contribution in [-0.2, 0) is 6.54 Å². The van der Waals surface area contributed by atoms with E-state index in [2.05, 4.69) is 15.7 Å². The lowest BCUT2D eigenvalue weighted by Crippen LogP contribution is -2.30. The van der Waals surface area contributed by atoms with Crippen molar-refractivity contribution in [3.8, 4) is 0 Å². The van der Waals surface area contributed by atoms with Gasteiger partial charge in [0, 0.05) is 18.1 Å². The molecule has 0 atom stereocenters. The van der Waals surface area contributed by atoms with Crippen LogP contribution in [0.3, 0.4) is 0 Å². The average Bonchev–Trinajstić information content (AvgIpc) is 2.78. The fourth-order valence-electron chi connectivity index (χ4n) is 1.84. The zero-order valence-corrected chi connectivity index (χ0v) is 15.0. The van der Waals surface area contributed by atoms with Crippen LogP contribution in [0.15, 0.2) is 24.4 Å². The first-order valence-corrected chi connectivity index (χ1v) is 8.19. The second-order valence-electron chi connectivity index (χ2n) is 4.66. The topological polar surface area (TPSA) is 41.9 Å². The molecule has 0 bridgehead atoms. The number of hydrogen-bond donors (Lipinski definition) is 2. The number of thiocarbonyl (C=S) groups is 1. The summed E-state index contributed by atoms with van der Waals surface area (Å²) in [5.41, 5.74) is 1.69. The van der Waals surface area contributed by atoms with Crippen LogP contribution >= 0.6 is 47.0 Å². The van der Waals surface area contributed by atoms with Gasteiger partial charge in [-0.25, -0.2) is 0 Å². The minimum atomic E-state index is 0.513. The second-order valence-corrected chi connectivity index (χ2v) is 6.32. The van der Waals surface area contributed by atoms with Crippen LogP contribution < -0.4 is 10.6 Å². The Labute approximate surface area is 149 Å². The highest BCUT2D eigenvalue weighted by molar-refractivity contribution is 7.80. The molecule has 118 valence electrons. The van der Waals surface area contributed by atoms with E-state index in [0.717, 1.165) is 24.3 Å². The zero-order chi connectivity index (χ0) is 16.1. The van der Waals surface area contributed by atoms with Crippen molar-refractivity contribution >= 4 is 57.8 Å². The Hall–Kier alpha value is -1.01. The second kappa shape index (κ2) is 8.02. The molecule has 0 unspecified atom stereocenters. The summed E-state index contributed by atoms with van der Waals surface area (Å²) in [6.07, 6.45) is 2.52. The van der Waals surface area contributed by atoms with Crippen molar-refractivity contribution in [1.82, 2.24) is 15.1 Å². The van der Waals surface area contributed by atoms with Gasteiger partial charge in [-0.3, -0.25) is 4.68 Å². The number of halogens is 3. The Kier molecular flexibility index (Phi) is 6.32. The summed E-state index contributed by atoms with van der Waals surface area (Å²) in [7, 11) is 0. The van der Waals surface area contributed by atoms with Crippen molar-refractivity contribution in [1.29, 1.82) is 0 Å². The first kappa shape index (κ1) is 17.3. The van der Waals surface area contributed by atoms with Gasteiger partial charge in [0.05, 0.1) is 27.6 Å². The number of hydrogen-bond acceptors (Lipinski definition) is 2. The van der Waals surface area contributed by atoms with Crippen LogP contribution in [0.1, 0.15) is 12.1 Å². The van der Waals surface area contributed by atoms with Gasteiger partial charge in [-0.15, -0.1) is 0 Å². The predicted octanol–water partition coefficient (Wildman–Crippen LogP) is 4.53. The molecule has 0 saturated carbocycles. The lowest BCUT2D eigenvalue weighted by molar-refractivity contribution is 0.561. The Morgan fingerprint density at radius 2 is 2.05 bits per heavy atom. The maximum atomic E-state index is 6.08. The zero-order valence-electron chi connectivity index (χ0n) is 11.9. The van der Waals surface area contributed by atoms with Crippen LogP contribution in [0, 0.1) is 6.92 Å². The van der Waals surface area contributed by atoms with E-state index >= 15 is 0 Å². The van der Waals surface area contributed by atoms with Crippen molar-refractivity contribution in [3.63, 3.8) is 0 Å². The molecule has 0 spiro atoms. The molecule has 1 heterocycles. The van der Waals surface area contributed by atoms with Crippen molar-refractivity contribution in [2.75, 3.05) is 11.9 Å². The number of benzene rings is 1. The molecule has 1 aromatic carbocycles. The summed E-state index contributed by atoms with van der Waals surface area (Å²) in [6, 6.07) is 5.20. The number of anilines is 1. The van der Waals surface area contributed by atoms with E-state index in [4.69, 9.17) is 47.0 Å². The van der Waals surface area contributed by atoms with E-state index < -0.39 is 0 Å². The molecule has 0 aliphatic rings. The standard InChI is InChI=1S/C14H15Cl3N4S/c1-9-12(17)8-19-21(9)6-2-5-18-14(22)20-13-4-3-10(15)7-11(13)16/h3-4,7-8H,2,5-6H2,1H3,(H2,18,20,22). The lowest BCUT2D eigenvalue weighted by Gasteiger charge is -2.12. The Balaban J connectivity index is 1.75. The molecule has 8 heteroatoms. The van der Waals surface area contributed by atoms with Crippen molar-refractivity contribution in [2.24, 2.45) is 0 Å². The van der Waals surface area contributed by atoms with Crippen LogP contribution in [0.4, 0.5) is 5.69 Å². The van der Waals surface area contributed by atoms with E-state index in [0.29, 0.717) is 26.7 Å². The average molecular weight is 378 g/mol. The van der Waals surface area contributed by atoms with E-state index in [-0.39, 0.29) is 0 Å². The summed E-state index contributed by atoms with van der Waals surface area (Å²) in [5, 5.41) is 12.7. The molecule has 0 fully saturated rings. The maximum absolute atomic E-state index is 6.08. The summed E-state index contributed by atoms with van der Waals surface area (Å²) >= 11 is 23.1. The fourth-order valence-corrected chi connectivity index (χ4v) is 2.65. The lowest BCUT2D eigenvalue weighted by atomic mass is 10.3. The van der Waals surface area contributed by atoms with Gasteiger partial charge in [-0.2, -0.15) is 5.10 Å². The van der Waals surface area contributed by atoms with E-state index in [1.165, 1.54) is 0 Å². The van der Waals surface area contributed by atoms with Crippen molar-refractivity contribution in [3.05, 3.63) is 45.2 Å². The number of aromatic nitrogens is 2. The molecule has 4 nitrogen and oxygen atoms in total. The van der Waals surface area contributed by atoms with Gasteiger partial charge in [-0.1, -0.05) is 34.8 Å². The van der Waals surface area contributed by atoms with E-state index in [9.17, 15) is 0 Å². The summed E-state index contributed by atoms with van der Waals surface area (Å²) < 4.78 is 1.87. The number of nitrogens with one attached hydrogen (secondary N) is 2.